The Labute approximate surface area is 238 Å². The number of nitrogens with zero attached hydrogens (tertiary/aromatic N) is 1. The van der Waals surface area contributed by atoms with E-state index in [1.54, 1.807) is 30.6 Å². The molecule has 3 N–H and O–H groups in total. The van der Waals surface area contributed by atoms with E-state index in [1.807, 2.05) is 19.9 Å². The van der Waals surface area contributed by atoms with E-state index in [1.165, 1.54) is 7.11 Å². The summed E-state index contributed by atoms with van der Waals surface area (Å²) in [6.07, 6.45) is 5.78. The van der Waals surface area contributed by atoms with Gasteiger partial charge in [0.15, 0.2) is 5.75 Å². The molecule has 1 spiro atoms. The van der Waals surface area contributed by atoms with Crippen molar-refractivity contribution in [3.63, 3.8) is 0 Å². The lowest BCUT2D eigenvalue weighted by Gasteiger charge is -2.34. The van der Waals surface area contributed by atoms with Crippen LogP contribution in [-0.2, 0) is 20.8 Å². The molecule has 3 heterocycles. The van der Waals surface area contributed by atoms with E-state index in [-0.39, 0.29) is 28.1 Å². The van der Waals surface area contributed by atoms with Crippen LogP contribution < -0.4 is 25.4 Å². The molecule has 1 aliphatic carbocycles. The van der Waals surface area contributed by atoms with Crippen molar-refractivity contribution in [1.82, 2.24) is 15.6 Å². The SMILES string of the molecule is COc1c(Cl)cccc1NC(=S)C1=C(NCc2ccncc2OC[C@@H]2COC(C)(C)CO2)CC2(CC2)NC1=O. The predicted molar refractivity (Wildman–Crippen MR) is 152 cm³/mol. The lowest BCUT2D eigenvalue weighted by molar-refractivity contribution is -0.181. The van der Waals surface area contributed by atoms with Crippen molar-refractivity contribution in [1.29, 1.82) is 0 Å². The van der Waals surface area contributed by atoms with Gasteiger partial charge in [0.1, 0.15) is 23.4 Å². The second kappa shape index (κ2) is 11.3. The molecule has 11 heteroatoms. The number of ether oxygens (including phenoxy) is 4. The zero-order chi connectivity index (χ0) is 27.6. The smallest absolute Gasteiger partial charge is 0.256 e. The summed E-state index contributed by atoms with van der Waals surface area (Å²) < 4.78 is 23.3. The lowest BCUT2D eigenvalue weighted by atomic mass is 9.98. The van der Waals surface area contributed by atoms with Gasteiger partial charge in [-0.05, 0) is 44.9 Å². The van der Waals surface area contributed by atoms with E-state index < -0.39 is 0 Å². The maximum absolute atomic E-state index is 13.3. The standard InChI is InChI=1S/C28H33ClN4O5S/c1-27(2)16-37-18(15-38-27)14-36-22-13-30-10-7-17(22)12-31-21-11-28(8-9-28)33-25(34)23(21)26(39)32-20-6-4-5-19(29)24(20)35-3/h4-7,10,13,18,31H,8-9,11-12,14-16H2,1-3H3,(H,32,39)(H,33,34)/t18-/m1/s1. The van der Waals surface area contributed by atoms with Crippen molar-refractivity contribution >= 4 is 40.4 Å². The van der Waals surface area contributed by atoms with Crippen LogP contribution in [0.4, 0.5) is 5.69 Å². The van der Waals surface area contributed by atoms with Crippen LogP contribution in [0.1, 0.15) is 38.7 Å². The normalized spacial score (nSPS) is 21.2. The second-order valence-corrected chi connectivity index (χ2v) is 11.5. The van der Waals surface area contributed by atoms with Gasteiger partial charge < -0.3 is 34.9 Å². The van der Waals surface area contributed by atoms with Crippen molar-refractivity contribution in [3.05, 3.63) is 58.5 Å². The molecule has 2 aliphatic heterocycles. The average molecular weight is 573 g/mol. The number of carbonyl (C=O) groups excluding carboxylic acids is 1. The molecule has 1 amide bonds. The highest BCUT2D eigenvalue weighted by molar-refractivity contribution is 7.81. The Balaban J connectivity index is 1.31. The minimum Gasteiger partial charge on any atom is -0.493 e. The molecule has 2 fully saturated rings. The van der Waals surface area contributed by atoms with E-state index in [0.29, 0.717) is 60.6 Å². The first-order valence-corrected chi connectivity index (χ1v) is 13.7. The molecule has 1 saturated carbocycles. The molecule has 5 rings (SSSR count). The molecular formula is C28H33ClN4O5S. The molecule has 39 heavy (non-hydrogen) atoms. The first kappa shape index (κ1) is 27.6. The van der Waals surface area contributed by atoms with Crippen LogP contribution >= 0.6 is 23.8 Å². The summed E-state index contributed by atoms with van der Waals surface area (Å²) >= 11 is 12.0. The number of amides is 1. The first-order valence-electron chi connectivity index (χ1n) is 12.9. The zero-order valence-corrected chi connectivity index (χ0v) is 23.8. The summed E-state index contributed by atoms with van der Waals surface area (Å²) in [6.45, 7) is 5.76. The Bertz CT molecular complexity index is 1290. The van der Waals surface area contributed by atoms with E-state index >= 15 is 0 Å². The highest BCUT2D eigenvalue weighted by Crippen LogP contribution is 2.44. The molecule has 3 aliphatic rings. The first-order chi connectivity index (χ1) is 18.7. The fraction of sp³-hybridized carbons (Fsp3) is 0.464. The van der Waals surface area contributed by atoms with Crippen LogP contribution in [0, 0.1) is 0 Å². The molecule has 208 valence electrons. The number of benzene rings is 1. The molecule has 1 atom stereocenters. The summed E-state index contributed by atoms with van der Waals surface area (Å²) in [5.74, 6) is 0.899. The number of para-hydroxylation sites is 1. The number of hydrogen-bond donors (Lipinski definition) is 3. The predicted octanol–water partition coefficient (Wildman–Crippen LogP) is 4.15. The Morgan fingerprint density at radius 3 is 2.85 bits per heavy atom. The second-order valence-electron chi connectivity index (χ2n) is 10.7. The molecule has 2 aromatic rings. The number of thiocarbonyl (C=S) groups is 1. The fourth-order valence-electron chi connectivity index (χ4n) is 4.65. The lowest BCUT2D eigenvalue weighted by Crippen LogP contribution is -2.47. The minimum atomic E-state index is -0.288. The number of hydrogen-bond acceptors (Lipinski definition) is 8. The minimum absolute atomic E-state index is 0.156. The van der Waals surface area contributed by atoms with Crippen LogP contribution in [0.3, 0.4) is 0 Å². The van der Waals surface area contributed by atoms with E-state index in [2.05, 4.69) is 20.9 Å². The molecule has 1 saturated heterocycles. The highest BCUT2D eigenvalue weighted by atomic mass is 35.5. The Morgan fingerprint density at radius 2 is 2.13 bits per heavy atom. The van der Waals surface area contributed by atoms with Crippen LogP contribution in [-0.4, -0.2) is 60.1 Å². The maximum Gasteiger partial charge on any atom is 0.256 e. The molecule has 1 aromatic carbocycles. The van der Waals surface area contributed by atoms with Gasteiger partial charge in [0.05, 0.1) is 48.4 Å². The van der Waals surface area contributed by atoms with Gasteiger partial charge in [-0.3, -0.25) is 9.78 Å². The topological polar surface area (TPSA) is 103 Å². The van der Waals surface area contributed by atoms with Gasteiger partial charge in [0, 0.05) is 36.0 Å². The average Bonchev–Trinajstić information content (AvgIpc) is 3.64. The van der Waals surface area contributed by atoms with Crippen molar-refractivity contribution in [3.8, 4) is 11.5 Å². The van der Waals surface area contributed by atoms with Gasteiger partial charge in [-0.25, -0.2) is 0 Å². The van der Waals surface area contributed by atoms with Gasteiger partial charge in [0.2, 0.25) is 0 Å². The molecule has 9 nitrogen and oxygen atoms in total. The summed E-state index contributed by atoms with van der Waals surface area (Å²) in [4.78, 5) is 17.8. The third-order valence-electron chi connectivity index (χ3n) is 7.04. The van der Waals surface area contributed by atoms with Gasteiger partial charge in [0.25, 0.3) is 5.91 Å². The molecular weight excluding hydrogens is 540 g/mol. The Hall–Kier alpha value is -2.92. The van der Waals surface area contributed by atoms with Gasteiger partial charge >= 0.3 is 0 Å². The Morgan fingerprint density at radius 1 is 1.31 bits per heavy atom. The zero-order valence-electron chi connectivity index (χ0n) is 22.3. The number of halogens is 1. The molecule has 0 unspecified atom stereocenters. The summed E-state index contributed by atoms with van der Waals surface area (Å²) in [5, 5.41) is 10.2. The number of nitrogens with one attached hydrogen (secondary N) is 3. The van der Waals surface area contributed by atoms with E-state index in [9.17, 15) is 4.79 Å². The van der Waals surface area contributed by atoms with Crippen molar-refractivity contribution in [2.24, 2.45) is 0 Å². The quantitative estimate of drug-likeness (QED) is 0.382. The third-order valence-corrected chi connectivity index (χ3v) is 7.64. The third kappa shape index (κ3) is 6.46. The summed E-state index contributed by atoms with van der Waals surface area (Å²) in [6, 6.07) is 7.22. The van der Waals surface area contributed by atoms with Crippen molar-refractivity contribution in [2.45, 2.75) is 56.9 Å². The maximum atomic E-state index is 13.3. The van der Waals surface area contributed by atoms with Gasteiger partial charge in [-0.15, -0.1) is 0 Å². The van der Waals surface area contributed by atoms with Crippen LogP contribution in [0.2, 0.25) is 5.02 Å². The van der Waals surface area contributed by atoms with Crippen LogP contribution in [0.15, 0.2) is 47.9 Å². The van der Waals surface area contributed by atoms with Gasteiger partial charge in [-0.2, -0.15) is 0 Å². The number of methoxy groups -OCH3 is 1. The van der Waals surface area contributed by atoms with Gasteiger partial charge in [-0.1, -0.05) is 29.9 Å². The summed E-state index contributed by atoms with van der Waals surface area (Å²) in [5.41, 5.74) is 2.17. The number of anilines is 1. The highest BCUT2D eigenvalue weighted by Gasteiger charge is 2.49. The molecule has 0 radical (unpaired) electrons. The van der Waals surface area contributed by atoms with E-state index in [4.69, 9.17) is 42.8 Å². The Kier molecular flexibility index (Phi) is 8.00. The largest absolute Gasteiger partial charge is 0.493 e. The number of rotatable bonds is 9. The number of aromatic nitrogens is 1. The number of pyridine rings is 1. The van der Waals surface area contributed by atoms with E-state index in [0.717, 1.165) is 24.1 Å². The monoisotopic (exact) mass is 572 g/mol. The molecule has 1 aromatic heterocycles. The fourth-order valence-corrected chi connectivity index (χ4v) is 5.22. The number of carbonyl (C=O) groups is 1. The van der Waals surface area contributed by atoms with Crippen LogP contribution in [0.25, 0.3) is 0 Å². The molecule has 0 bridgehead atoms. The van der Waals surface area contributed by atoms with Crippen LogP contribution in [0.5, 0.6) is 11.5 Å². The summed E-state index contributed by atoms with van der Waals surface area (Å²) in [7, 11) is 1.54. The van der Waals surface area contributed by atoms with Crippen molar-refractivity contribution in [2.75, 3.05) is 32.2 Å². The van der Waals surface area contributed by atoms with Crippen molar-refractivity contribution < 1.29 is 23.7 Å².